The van der Waals surface area contributed by atoms with Crippen LogP contribution in [0.15, 0.2) is 71.2 Å². The first-order valence-electron chi connectivity index (χ1n) is 17.5. The number of nitrogens with zero attached hydrogens (tertiary/aromatic N) is 1. The van der Waals surface area contributed by atoms with Gasteiger partial charge in [-0.2, -0.15) is 0 Å². The van der Waals surface area contributed by atoms with Gasteiger partial charge in [-0.1, -0.05) is 81.4 Å². The quantitative estimate of drug-likeness (QED) is 0.233. The summed E-state index contributed by atoms with van der Waals surface area (Å²) in [7, 11) is 1.47. The van der Waals surface area contributed by atoms with E-state index in [2.05, 4.69) is 15.9 Å². The highest BCUT2D eigenvalue weighted by atomic mass is 79.9. The molecule has 2 N–H and O–H groups in total. The van der Waals surface area contributed by atoms with Crippen LogP contribution in [0.25, 0.3) is 0 Å². The number of ketones is 1. The molecule has 3 aliphatic heterocycles. The molecule has 0 saturated carbocycles. The summed E-state index contributed by atoms with van der Waals surface area (Å²) in [6, 6.07) is 18.8. The average Bonchev–Trinajstić information content (AvgIpc) is 3.55. The molecule has 13 nitrogen and oxygen atoms in total. The van der Waals surface area contributed by atoms with E-state index in [0.717, 1.165) is 16.0 Å². The Morgan fingerprint density at radius 1 is 0.962 bits per heavy atom. The van der Waals surface area contributed by atoms with Gasteiger partial charge in [0, 0.05) is 20.1 Å². The van der Waals surface area contributed by atoms with Gasteiger partial charge in [0.25, 0.3) is 0 Å². The van der Waals surface area contributed by atoms with Gasteiger partial charge in [-0.15, -0.1) is 0 Å². The van der Waals surface area contributed by atoms with Gasteiger partial charge in [-0.25, -0.2) is 9.69 Å². The van der Waals surface area contributed by atoms with Gasteiger partial charge in [-0.3, -0.25) is 9.59 Å². The summed E-state index contributed by atoms with van der Waals surface area (Å²) in [5.74, 6) is -4.26. The summed E-state index contributed by atoms with van der Waals surface area (Å²) in [6.45, 7) is 5.50. The smallest absolute Gasteiger partial charge is 0.416 e. The first kappa shape index (κ1) is 40.1. The number of ether oxygens (including phenoxy) is 7. The molecule has 2 saturated heterocycles. The van der Waals surface area contributed by atoms with Crippen molar-refractivity contribution in [1.29, 1.82) is 0 Å². The molecule has 14 heteroatoms. The van der Waals surface area contributed by atoms with E-state index in [9.17, 15) is 24.6 Å². The lowest BCUT2D eigenvalue weighted by Gasteiger charge is -2.45. The number of aliphatic hydroxyl groups is 2. The number of hydrogen-bond acceptors (Lipinski definition) is 12. The van der Waals surface area contributed by atoms with Crippen LogP contribution < -0.4 is 0 Å². The number of methoxy groups -OCH3 is 1. The number of imide groups is 1. The lowest BCUT2D eigenvalue weighted by Crippen LogP contribution is -2.61. The first-order valence-corrected chi connectivity index (χ1v) is 18.3. The Labute approximate surface area is 312 Å². The molecule has 0 aliphatic carbocycles. The Hall–Kier alpha value is -3.05. The van der Waals surface area contributed by atoms with E-state index in [-0.39, 0.29) is 56.3 Å². The van der Waals surface area contributed by atoms with Crippen LogP contribution in [-0.4, -0.2) is 108 Å². The molecule has 2 aromatic rings. The van der Waals surface area contributed by atoms with E-state index in [4.69, 9.17) is 33.2 Å². The zero-order valence-corrected chi connectivity index (χ0v) is 31.4. The van der Waals surface area contributed by atoms with E-state index in [1.165, 1.54) is 20.1 Å². The molecule has 2 fully saturated rings. The molecule has 0 spiro atoms. The summed E-state index contributed by atoms with van der Waals surface area (Å²) >= 11 is 3.28. The van der Waals surface area contributed by atoms with Crippen molar-refractivity contribution < 1.29 is 57.8 Å². The maximum atomic E-state index is 13.5. The van der Waals surface area contributed by atoms with Crippen LogP contribution in [0.2, 0.25) is 0 Å². The summed E-state index contributed by atoms with van der Waals surface area (Å²) in [5, 5.41) is 21.9. The average molecular weight is 791 g/mol. The van der Waals surface area contributed by atoms with E-state index in [1.807, 2.05) is 74.5 Å². The zero-order chi connectivity index (χ0) is 37.4. The second kappa shape index (κ2) is 18.3. The molecule has 0 radical (unpaired) electrons. The Morgan fingerprint density at radius 2 is 1.58 bits per heavy atom. The molecule has 52 heavy (non-hydrogen) atoms. The molecule has 5 rings (SSSR count). The van der Waals surface area contributed by atoms with Crippen molar-refractivity contribution in [2.45, 2.75) is 95.5 Å². The largest absolute Gasteiger partial charge is 0.447 e. The fourth-order valence-electron chi connectivity index (χ4n) is 6.55. The van der Waals surface area contributed by atoms with Crippen LogP contribution in [0.4, 0.5) is 4.79 Å². The normalized spacial score (nSPS) is 30.0. The van der Waals surface area contributed by atoms with Crippen LogP contribution in [0.1, 0.15) is 44.7 Å². The van der Waals surface area contributed by atoms with Gasteiger partial charge >= 0.3 is 6.09 Å². The van der Waals surface area contributed by atoms with Gasteiger partial charge in [0.05, 0.1) is 36.3 Å². The first-order chi connectivity index (χ1) is 25.0. The van der Waals surface area contributed by atoms with Crippen molar-refractivity contribution in [3.8, 4) is 0 Å². The Kier molecular flexibility index (Phi) is 14.1. The number of carbonyl (C=O) groups excluding carboxylic acids is 3. The molecular formula is C38H48BrNO12. The van der Waals surface area contributed by atoms with Crippen molar-refractivity contribution in [2.75, 3.05) is 26.9 Å². The summed E-state index contributed by atoms with van der Waals surface area (Å²) < 4.78 is 42.1. The Balaban J connectivity index is 1.27. The van der Waals surface area contributed by atoms with Gasteiger partial charge in [0.2, 0.25) is 5.91 Å². The lowest BCUT2D eigenvalue weighted by atomic mass is 9.93. The zero-order valence-electron chi connectivity index (χ0n) is 29.8. The van der Waals surface area contributed by atoms with Crippen molar-refractivity contribution in [1.82, 2.24) is 4.90 Å². The van der Waals surface area contributed by atoms with Crippen LogP contribution in [0, 0.1) is 11.8 Å². The minimum Gasteiger partial charge on any atom is -0.447 e. The van der Waals surface area contributed by atoms with Crippen molar-refractivity contribution in [2.24, 2.45) is 11.8 Å². The SMILES string of the molecule is CO[C@H]1O[C@H](CO)[C@@H](OCc2ccccc2)[C@H](OCc2ccccc2)[C@@H]1OCCC[C@@]1(O)O[C@@H]([C@H](C)C(=O)N2C(=O)OC[C@@H]2C(C)C)C(=O)C=C1Br. The molecule has 2 aromatic carbocycles. The molecule has 0 bridgehead atoms. The molecular weight excluding hydrogens is 742 g/mol. The predicted molar refractivity (Wildman–Crippen MR) is 190 cm³/mol. The van der Waals surface area contributed by atoms with Crippen molar-refractivity contribution >= 4 is 33.7 Å². The number of cyclic esters (lactones) is 1. The minimum atomic E-state index is -1.96. The van der Waals surface area contributed by atoms with E-state index >= 15 is 0 Å². The molecule has 3 aliphatic rings. The van der Waals surface area contributed by atoms with Gasteiger partial charge < -0.3 is 43.4 Å². The minimum absolute atomic E-state index is 0.0247. The number of rotatable bonds is 16. The molecule has 0 aromatic heterocycles. The highest BCUT2D eigenvalue weighted by Crippen LogP contribution is 2.38. The third-order valence-electron chi connectivity index (χ3n) is 9.55. The molecule has 3 heterocycles. The number of carbonyl (C=O) groups is 3. The second-order valence-electron chi connectivity index (χ2n) is 13.5. The Morgan fingerprint density at radius 3 is 2.15 bits per heavy atom. The number of hydrogen-bond donors (Lipinski definition) is 2. The fraction of sp³-hybridized carbons (Fsp3) is 0.553. The predicted octanol–water partition coefficient (Wildman–Crippen LogP) is 4.26. The number of benzene rings is 2. The molecule has 284 valence electrons. The van der Waals surface area contributed by atoms with Crippen LogP contribution in [0.5, 0.6) is 0 Å². The van der Waals surface area contributed by atoms with E-state index in [0.29, 0.717) is 0 Å². The van der Waals surface area contributed by atoms with Crippen molar-refractivity contribution in [3.63, 3.8) is 0 Å². The van der Waals surface area contributed by atoms with Crippen LogP contribution in [-0.2, 0) is 56.0 Å². The van der Waals surface area contributed by atoms with E-state index < -0.39 is 72.3 Å². The highest BCUT2D eigenvalue weighted by Gasteiger charge is 2.50. The Bertz CT molecular complexity index is 1530. The van der Waals surface area contributed by atoms with E-state index in [1.54, 1.807) is 0 Å². The standard InChI is InChI=1S/C38H48BrNO12/c1-23(2)27-22-50-37(44)40(27)35(43)24(3)31-28(42)18-30(39)38(45,52-31)16-11-17-47-34-33(49-21-26-14-9-6-10-15-26)32(29(19-41)51-36(34)46-4)48-20-25-12-7-5-8-13-25/h5-10,12-15,18,23-24,27,29,31-34,36,41,45H,11,16-17,19-22H2,1-4H3/t24-,27+,29+,31-,32+,33-,34-,36-,38+/m0/s1. The third-order valence-corrected chi connectivity index (χ3v) is 10.4. The number of halogens is 1. The molecule has 9 atom stereocenters. The molecule has 0 unspecified atom stereocenters. The maximum absolute atomic E-state index is 13.5. The maximum Gasteiger partial charge on any atom is 0.416 e. The number of aliphatic hydroxyl groups excluding tert-OH is 1. The van der Waals surface area contributed by atoms with Gasteiger partial charge in [-0.05, 0) is 45.5 Å². The van der Waals surface area contributed by atoms with Crippen LogP contribution in [0.3, 0.4) is 0 Å². The van der Waals surface area contributed by atoms with Gasteiger partial charge in [0.15, 0.2) is 17.9 Å². The lowest BCUT2D eigenvalue weighted by molar-refractivity contribution is -0.320. The van der Waals surface area contributed by atoms with Crippen molar-refractivity contribution in [3.05, 3.63) is 82.3 Å². The third kappa shape index (κ3) is 9.35. The highest BCUT2D eigenvalue weighted by molar-refractivity contribution is 9.11. The second-order valence-corrected chi connectivity index (χ2v) is 14.4. The summed E-state index contributed by atoms with van der Waals surface area (Å²) in [6.07, 6.45) is -4.68. The topological polar surface area (TPSA) is 160 Å². The van der Waals surface area contributed by atoms with Gasteiger partial charge in [0.1, 0.15) is 37.1 Å². The molecule has 2 amide bonds. The fourth-order valence-corrected chi connectivity index (χ4v) is 7.06. The van der Waals surface area contributed by atoms with Crippen LogP contribution >= 0.6 is 15.9 Å². The summed E-state index contributed by atoms with van der Waals surface area (Å²) in [5.41, 5.74) is 1.86. The summed E-state index contributed by atoms with van der Waals surface area (Å²) in [4.78, 5) is 40.0. The monoisotopic (exact) mass is 789 g/mol. The number of amides is 2.